The summed E-state index contributed by atoms with van der Waals surface area (Å²) in [5.74, 6) is 1.03. The van der Waals surface area contributed by atoms with E-state index in [1.165, 1.54) is 55.6 Å². The summed E-state index contributed by atoms with van der Waals surface area (Å²) in [7, 11) is 1.76. The molecule has 0 amide bonds. The molecule has 0 saturated heterocycles. The van der Waals surface area contributed by atoms with Gasteiger partial charge in [-0.2, -0.15) is 0 Å². The second kappa shape index (κ2) is 3.44. The van der Waals surface area contributed by atoms with Crippen LogP contribution in [0.1, 0.15) is 24.0 Å². The van der Waals surface area contributed by atoms with Crippen molar-refractivity contribution in [3.8, 4) is 5.75 Å². The zero-order valence-corrected chi connectivity index (χ0v) is 9.25. The van der Waals surface area contributed by atoms with Crippen LogP contribution in [0.15, 0.2) is 12.1 Å². The highest BCUT2D eigenvalue weighted by Crippen LogP contribution is 2.37. The zero-order valence-electron chi connectivity index (χ0n) is 9.25. The highest BCUT2D eigenvalue weighted by molar-refractivity contribution is 5.66. The molecule has 0 atom stereocenters. The van der Waals surface area contributed by atoms with Crippen LogP contribution >= 0.6 is 0 Å². The van der Waals surface area contributed by atoms with Crippen LogP contribution in [0.3, 0.4) is 0 Å². The van der Waals surface area contributed by atoms with Crippen molar-refractivity contribution in [2.75, 3.05) is 25.1 Å². The van der Waals surface area contributed by atoms with Gasteiger partial charge in [0.25, 0.3) is 0 Å². The first-order valence-electron chi connectivity index (χ1n) is 5.83. The van der Waals surface area contributed by atoms with Gasteiger partial charge < -0.3 is 9.64 Å². The van der Waals surface area contributed by atoms with Crippen LogP contribution < -0.4 is 9.64 Å². The van der Waals surface area contributed by atoms with Gasteiger partial charge in [0, 0.05) is 18.8 Å². The molecule has 2 aliphatic heterocycles. The van der Waals surface area contributed by atoms with Crippen molar-refractivity contribution < 1.29 is 4.74 Å². The van der Waals surface area contributed by atoms with Crippen LogP contribution in [0.4, 0.5) is 5.69 Å². The van der Waals surface area contributed by atoms with Gasteiger partial charge in [0.05, 0.1) is 7.11 Å². The first kappa shape index (κ1) is 9.08. The Hall–Kier alpha value is -1.18. The molecular formula is C13H17NO. The number of aryl methyl sites for hydroxylation is 1. The molecule has 1 aromatic rings. The molecule has 80 valence electrons. The minimum Gasteiger partial charge on any atom is -0.497 e. The molecule has 0 fully saturated rings. The maximum Gasteiger partial charge on any atom is 0.119 e. The second-order valence-corrected chi connectivity index (χ2v) is 4.49. The largest absolute Gasteiger partial charge is 0.497 e. The lowest BCUT2D eigenvalue weighted by Crippen LogP contribution is -2.20. The lowest BCUT2D eigenvalue weighted by molar-refractivity contribution is 0.414. The molecule has 2 aliphatic rings. The van der Waals surface area contributed by atoms with Gasteiger partial charge in [-0.3, -0.25) is 0 Å². The molecule has 0 aromatic heterocycles. The molecule has 1 aromatic carbocycles. The van der Waals surface area contributed by atoms with Crippen molar-refractivity contribution in [2.45, 2.75) is 25.7 Å². The number of hydrogen-bond acceptors (Lipinski definition) is 2. The molecule has 2 nitrogen and oxygen atoms in total. The third-order valence-corrected chi connectivity index (χ3v) is 3.57. The molecule has 0 aliphatic carbocycles. The van der Waals surface area contributed by atoms with Crippen molar-refractivity contribution in [2.24, 2.45) is 0 Å². The predicted octanol–water partition coefficient (Wildman–Crippen LogP) is 2.39. The van der Waals surface area contributed by atoms with Crippen LogP contribution in [0.5, 0.6) is 5.75 Å². The van der Waals surface area contributed by atoms with Gasteiger partial charge in [-0.05, 0) is 48.9 Å². The first-order valence-corrected chi connectivity index (χ1v) is 5.83. The van der Waals surface area contributed by atoms with Crippen molar-refractivity contribution in [3.05, 3.63) is 23.3 Å². The SMILES string of the molecule is COc1cc2c3c(c1)CCN3CCCC2. The van der Waals surface area contributed by atoms with Crippen molar-refractivity contribution >= 4 is 5.69 Å². The van der Waals surface area contributed by atoms with Gasteiger partial charge in [-0.25, -0.2) is 0 Å². The van der Waals surface area contributed by atoms with Gasteiger partial charge in [-0.1, -0.05) is 0 Å². The van der Waals surface area contributed by atoms with Gasteiger partial charge in [-0.15, -0.1) is 0 Å². The topological polar surface area (TPSA) is 12.5 Å². The highest BCUT2D eigenvalue weighted by atomic mass is 16.5. The van der Waals surface area contributed by atoms with Gasteiger partial charge in [0.2, 0.25) is 0 Å². The Kier molecular flexibility index (Phi) is 2.08. The number of hydrogen-bond donors (Lipinski definition) is 0. The fourth-order valence-electron chi connectivity index (χ4n) is 2.84. The van der Waals surface area contributed by atoms with E-state index in [2.05, 4.69) is 17.0 Å². The second-order valence-electron chi connectivity index (χ2n) is 4.49. The summed E-state index contributed by atoms with van der Waals surface area (Å²) in [5, 5.41) is 0. The standard InChI is InChI=1S/C13H17NO/c1-15-12-8-10-4-2-3-6-14-7-5-11(9-12)13(10)14/h8-9H,2-7H2,1H3. The summed E-state index contributed by atoms with van der Waals surface area (Å²) < 4.78 is 5.36. The lowest BCUT2D eigenvalue weighted by Gasteiger charge is -2.19. The maximum absolute atomic E-state index is 5.36. The number of methoxy groups -OCH3 is 1. The van der Waals surface area contributed by atoms with Crippen molar-refractivity contribution in [1.29, 1.82) is 0 Å². The fourth-order valence-corrected chi connectivity index (χ4v) is 2.84. The Balaban J connectivity index is 2.13. The van der Waals surface area contributed by atoms with Crippen LogP contribution in [0, 0.1) is 0 Å². The van der Waals surface area contributed by atoms with E-state index in [0.717, 1.165) is 5.75 Å². The summed E-state index contributed by atoms with van der Waals surface area (Å²) in [5.41, 5.74) is 4.51. The van der Waals surface area contributed by atoms with Gasteiger partial charge >= 0.3 is 0 Å². The Morgan fingerprint density at radius 3 is 2.67 bits per heavy atom. The molecule has 2 heterocycles. The monoisotopic (exact) mass is 203 g/mol. The van der Waals surface area contributed by atoms with E-state index in [1.54, 1.807) is 7.11 Å². The first-order chi connectivity index (χ1) is 7.38. The lowest BCUT2D eigenvalue weighted by atomic mass is 10.0. The highest BCUT2D eigenvalue weighted by Gasteiger charge is 2.24. The maximum atomic E-state index is 5.36. The Labute approximate surface area is 90.8 Å². The molecule has 0 saturated carbocycles. The normalized spacial score (nSPS) is 18.6. The molecule has 15 heavy (non-hydrogen) atoms. The summed E-state index contributed by atoms with van der Waals surface area (Å²) >= 11 is 0. The number of nitrogens with zero attached hydrogens (tertiary/aromatic N) is 1. The summed E-state index contributed by atoms with van der Waals surface area (Å²) in [6.07, 6.45) is 5.06. The zero-order chi connectivity index (χ0) is 10.3. The smallest absolute Gasteiger partial charge is 0.119 e. The average Bonchev–Trinajstić information content (AvgIpc) is 2.55. The van der Waals surface area contributed by atoms with Crippen LogP contribution in [-0.4, -0.2) is 20.2 Å². The number of rotatable bonds is 1. The minimum absolute atomic E-state index is 1.03. The Morgan fingerprint density at radius 2 is 1.87 bits per heavy atom. The quantitative estimate of drug-likeness (QED) is 0.695. The van der Waals surface area contributed by atoms with E-state index in [0.29, 0.717) is 0 Å². The third-order valence-electron chi connectivity index (χ3n) is 3.57. The number of benzene rings is 1. The van der Waals surface area contributed by atoms with Gasteiger partial charge in [0.15, 0.2) is 0 Å². The van der Waals surface area contributed by atoms with E-state index in [1.807, 2.05) is 0 Å². The van der Waals surface area contributed by atoms with Crippen LogP contribution in [0.2, 0.25) is 0 Å². The average molecular weight is 203 g/mol. The molecule has 3 rings (SSSR count). The van der Waals surface area contributed by atoms with Crippen LogP contribution in [-0.2, 0) is 12.8 Å². The fraction of sp³-hybridized carbons (Fsp3) is 0.538. The Bertz CT molecular complexity index is 386. The summed E-state index contributed by atoms with van der Waals surface area (Å²) in [6, 6.07) is 4.44. The van der Waals surface area contributed by atoms with E-state index in [-0.39, 0.29) is 0 Å². The van der Waals surface area contributed by atoms with E-state index in [4.69, 9.17) is 4.74 Å². The Morgan fingerprint density at radius 1 is 1.07 bits per heavy atom. The molecule has 0 unspecified atom stereocenters. The summed E-state index contributed by atoms with van der Waals surface area (Å²) in [4.78, 5) is 2.55. The van der Waals surface area contributed by atoms with Gasteiger partial charge in [0.1, 0.15) is 5.75 Å². The molecule has 0 spiro atoms. The van der Waals surface area contributed by atoms with E-state index >= 15 is 0 Å². The molecule has 2 heteroatoms. The molecule has 0 N–H and O–H groups in total. The van der Waals surface area contributed by atoms with Crippen molar-refractivity contribution in [1.82, 2.24) is 0 Å². The third kappa shape index (κ3) is 1.39. The van der Waals surface area contributed by atoms with E-state index < -0.39 is 0 Å². The molecular weight excluding hydrogens is 186 g/mol. The number of anilines is 1. The van der Waals surface area contributed by atoms with Crippen molar-refractivity contribution in [3.63, 3.8) is 0 Å². The molecule has 0 bridgehead atoms. The van der Waals surface area contributed by atoms with Crippen LogP contribution in [0.25, 0.3) is 0 Å². The van der Waals surface area contributed by atoms with E-state index in [9.17, 15) is 0 Å². The summed E-state index contributed by atoms with van der Waals surface area (Å²) in [6.45, 7) is 2.45. The molecule has 0 radical (unpaired) electrons. The predicted molar refractivity (Wildman–Crippen MR) is 61.8 cm³/mol. The minimum atomic E-state index is 1.03. The number of ether oxygens (including phenoxy) is 1.